The zero-order valence-electron chi connectivity index (χ0n) is 33.4. The van der Waals surface area contributed by atoms with Gasteiger partial charge in [0.15, 0.2) is 29.3 Å². The Bertz CT molecular complexity index is 2360. The van der Waals surface area contributed by atoms with Gasteiger partial charge in [-0.15, -0.1) is 0 Å². The maximum absolute atomic E-state index is 14.6. The topological polar surface area (TPSA) is 161 Å². The summed E-state index contributed by atoms with van der Waals surface area (Å²) in [5, 5.41) is 33.0. The van der Waals surface area contributed by atoms with E-state index in [1.54, 1.807) is 24.3 Å². The Kier molecular flexibility index (Phi) is 15.2. The van der Waals surface area contributed by atoms with Crippen LogP contribution in [0.4, 0.5) is 22.0 Å². The lowest BCUT2D eigenvalue weighted by molar-refractivity contribution is -0.165. The molecule has 324 valence electrons. The number of aromatic nitrogens is 1. The minimum atomic E-state index is -4.41. The number of alkyl halides is 3. The summed E-state index contributed by atoms with van der Waals surface area (Å²) in [6.07, 6.45) is -7.03. The molecule has 4 aromatic carbocycles. The number of aliphatic hydroxyl groups is 2. The molecule has 1 aliphatic heterocycles. The van der Waals surface area contributed by atoms with Gasteiger partial charge >= 0.3 is 18.1 Å². The first-order chi connectivity index (χ1) is 28.8. The molecule has 2 atom stereocenters. The number of halogens is 5. The Morgan fingerprint density at radius 2 is 1.36 bits per heavy atom. The number of likely N-dealkylation sites (tertiary alicyclic amines) is 1. The summed E-state index contributed by atoms with van der Waals surface area (Å²) in [7, 11) is 0. The van der Waals surface area contributed by atoms with Crippen LogP contribution in [0.25, 0.3) is 22.0 Å². The van der Waals surface area contributed by atoms with Gasteiger partial charge in [-0.3, -0.25) is 9.59 Å². The Morgan fingerprint density at radius 3 is 1.92 bits per heavy atom. The van der Waals surface area contributed by atoms with Gasteiger partial charge in [0, 0.05) is 48.9 Å². The second-order valence-corrected chi connectivity index (χ2v) is 15.0. The van der Waals surface area contributed by atoms with Gasteiger partial charge in [0.1, 0.15) is 6.54 Å². The molecule has 1 amide bonds. The van der Waals surface area contributed by atoms with Crippen LogP contribution in [-0.4, -0.2) is 90.0 Å². The van der Waals surface area contributed by atoms with Gasteiger partial charge in [0.25, 0.3) is 0 Å². The Labute approximate surface area is 347 Å². The lowest BCUT2D eigenvalue weighted by Gasteiger charge is -2.40. The predicted molar refractivity (Wildman–Crippen MR) is 216 cm³/mol. The average molecular weight is 852 g/mol. The number of pyridine rings is 1. The first kappa shape index (κ1) is 46.1. The second-order valence-electron chi connectivity index (χ2n) is 15.0. The van der Waals surface area contributed by atoms with Crippen LogP contribution in [0.5, 0.6) is 0 Å². The highest BCUT2D eigenvalue weighted by Crippen LogP contribution is 2.31. The van der Waals surface area contributed by atoms with E-state index < -0.39 is 47.5 Å². The molecule has 4 N–H and O–H groups in total. The van der Waals surface area contributed by atoms with Crippen LogP contribution in [0.15, 0.2) is 102 Å². The molecular formula is C45H46F5N3O8. The third kappa shape index (κ3) is 11.7. The summed E-state index contributed by atoms with van der Waals surface area (Å²) in [6.45, 7) is 6.24. The molecule has 11 nitrogen and oxygen atoms in total. The number of fused-ring (bicyclic) bond motifs is 1. The van der Waals surface area contributed by atoms with Crippen molar-refractivity contribution >= 4 is 28.7 Å². The molecule has 0 aliphatic carbocycles. The van der Waals surface area contributed by atoms with E-state index in [1.165, 1.54) is 30.3 Å². The number of aliphatic carboxylic acids is 2. The van der Waals surface area contributed by atoms with E-state index in [4.69, 9.17) is 20.4 Å². The Hall–Kier alpha value is -5.97. The number of amides is 1. The number of hydrogen-bond donors (Lipinski definition) is 4. The number of hydrogen-bond acceptors (Lipinski definition) is 7. The lowest BCUT2D eigenvalue weighted by atomic mass is 9.99. The van der Waals surface area contributed by atoms with Crippen molar-refractivity contribution in [3.05, 3.63) is 141 Å². The molecule has 5 aromatic rings. The van der Waals surface area contributed by atoms with Crippen molar-refractivity contribution in [1.82, 2.24) is 14.4 Å². The molecule has 0 saturated carbocycles. The number of carbonyl (C=O) groups excluding carboxylic acids is 1. The number of carbonyl (C=O) groups is 3. The normalized spacial score (nSPS) is 14.6. The third-order valence-electron chi connectivity index (χ3n) is 10.7. The van der Waals surface area contributed by atoms with Gasteiger partial charge in [-0.1, -0.05) is 60.7 Å². The molecule has 0 unspecified atom stereocenters. The number of aryl methyl sites for hydroxylation is 2. The van der Waals surface area contributed by atoms with E-state index in [2.05, 4.69) is 18.7 Å². The van der Waals surface area contributed by atoms with Crippen molar-refractivity contribution in [2.75, 3.05) is 13.1 Å². The van der Waals surface area contributed by atoms with Crippen LogP contribution >= 0.6 is 0 Å². The lowest BCUT2D eigenvalue weighted by Crippen LogP contribution is -2.49. The SMILES string of the molecule is CC(C)N1CCC(N(Cc2ccc(-c3ccc(C(F)(F)F)cc3)cc2)C(=O)Cn2c(CCc3cccc(F)c3F)cc(=O)c3ccccc32)CC1.O=C(O)[C@H](O)[C@@H](O)C(=O)O. The van der Waals surface area contributed by atoms with E-state index in [0.717, 1.165) is 55.3 Å². The van der Waals surface area contributed by atoms with Crippen molar-refractivity contribution < 1.29 is 56.8 Å². The number of aliphatic hydroxyl groups excluding tert-OH is 2. The fourth-order valence-electron chi connectivity index (χ4n) is 7.26. The molecule has 6 rings (SSSR count). The fourth-order valence-corrected chi connectivity index (χ4v) is 7.26. The number of nitrogens with zero attached hydrogens (tertiary/aromatic N) is 3. The van der Waals surface area contributed by atoms with Gasteiger partial charge in [0.05, 0.1) is 11.1 Å². The average Bonchev–Trinajstić information content (AvgIpc) is 3.24. The number of para-hydroxylation sites is 1. The van der Waals surface area contributed by atoms with Crippen LogP contribution in [0.3, 0.4) is 0 Å². The molecule has 1 fully saturated rings. The maximum atomic E-state index is 14.6. The van der Waals surface area contributed by atoms with Crippen LogP contribution < -0.4 is 5.43 Å². The third-order valence-corrected chi connectivity index (χ3v) is 10.7. The molecular weight excluding hydrogens is 805 g/mol. The molecule has 1 aromatic heterocycles. The highest BCUT2D eigenvalue weighted by molar-refractivity contribution is 5.84. The van der Waals surface area contributed by atoms with Gasteiger partial charge in [-0.2, -0.15) is 13.2 Å². The largest absolute Gasteiger partial charge is 0.479 e. The highest BCUT2D eigenvalue weighted by atomic mass is 19.4. The van der Waals surface area contributed by atoms with E-state index in [1.807, 2.05) is 33.7 Å². The first-order valence-corrected chi connectivity index (χ1v) is 19.5. The van der Waals surface area contributed by atoms with E-state index in [0.29, 0.717) is 34.7 Å². The fraction of sp³-hybridized carbons (Fsp3) is 0.333. The summed E-state index contributed by atoms with van der Waals surface area (Å²) in [5.74, 6) is -5.54. The van der Waals surface area contributed by atoms with Gasteiger partial charge in [0.2, 0.25) is 5.91 Å². The molecule has 1 saturated heterocycles. The van der Waals surface area contributed by atoms with Crippen molar-refractivity contribution in [2.24, 2.45) is 0 Å². The summed E-state index contributed by atoms with van der Waals surface area (Å²) < 4.78 is 69.6. The van der Waals surface area contributed by atoms with Gasteiger partial charge in [-0.05, 0) is 92.1 Å². The summed E-state index contributed by atoms with van der Waals surface area (Å²) in [4.78, 5) is 51.5. The minimum absolute atomic E-state index is 0.0439. The highest BCUT2D eigenvalue weighted by Gasteiger charge is 2.32. The van der Waals surface area contributed by atoms with Crippen LogP contribution in [0.2, 0.25) is 0 Å². The predicted octanol–water partition coefficient (Wildman–Crippen LogP) is 6.53. The molecule has 2 heterocycles. The smallest absolute Gasteiger partial charge is 0.416 e. The molecule has 0 spiro atoms. The standard InChI is InChI=1S/C41H40F5N3O2.C4H6O6/c1-27(2)47-22-20-33(21-23-47)49(25-28-10-12-29(13-11-28)30-14-17-32(18-15-30)41(44,45)46)39(51)26-48-34(19-16-31-6-5-8-36(42)40(31)43)24-38(50)35-7-3-4-9-37(35)48;5-1(3(7)8)2(6)4(9)10/h3-15,17-18,24,27,33H,16,19-23,25-26H2,1-2H3;1-2,5-6H,(H,7,8)(H,9,10)/t;1-,2-/m.1/s1. The van der Waals surface area contributed by atoms with E-state index >= 15 is 0 Å². The second kappa shape index (κ2) is 20.1. The zero-order valence-corrected chi connectivity index (χ0v) is 33.4. The Morgan fingerprint density at radius 1 is 0.787 bits per heavy atom. The molecule has 1 aliphatic rings. The van der Waals surface area contributed by atoms with Crippen LogP contribution in [0, 0.1) is 11.6 Å². The van der Waals surface area contributed by atoms with Crippen molar-refractivity contribution in [3.8, 4) is 11.1 Å². The monoisotopic (exact) mass is 851 g/mol. The summed E-state index contributed by atoms with van der Waals surface area (Å²) in [6, 6.07) is 25.4. The van der Waals surface area contributed by atoms with Gasteiger partial charge < -0.3 is 34.8 Å². The van der Waals surface area contributed by atoms with Crippen molar-refractivity contribution in [2.45, 2.75) is 83.1 Å². The van der Waals surface area contributed by atoms with Crippen LogP contribution in [0.1, 0.15) is 49.1 Å². The van der Waals surface area contributed by atoms with Crippen molar-refractivity contribution in [3.63, 3.8) is 0 Å². The van der Waals surface area contributed by atoms with Crippen LogP contribution in [-0.2, 0) is 46.5 Å². The Balaban J connectivity index is 0.000000626. The minimum Gasteiger partial charge on any atom is -0.479 e. The van der Waals surface area contributed by atoms with E-state index in [-0.39, 0.29) is 42.3 Å². The van der Waals surface area contributed by atoms with Crippen molar-refractivity contribution in [1.29, 1.82) is 0 Å². The summed E-state index contributed by atoms with van der Waals surface area (Å²) in [5.41, 5.74) is 2.68. The first-order valence-electron chi connectivity index (χ1n) is 19.5. The number of piperidine rings is 1. The zero-order chi connectivity index (χ0) is 44.6. The quantitative estimate of drug-likeness (QED) is 0.0967. The molecule has 61 heavy (non-hydrogen) atoms. The molecule has 0 bridgehead atoms. The number of carboxylic acids is 2. The maximum Gasteiger partial charge on any atom is 0.416 e. The summed E-state index contributed by atoms with van der Waals surface area (Å²) >= 11 is 0. The van der Waals surface area contributed by atoms with Gasteiger partial charge in [-0.25, -0.2) is 18.4 Å². The number of rotatable bonds is 13. The number of carboxylic acid groups (broad SMARTS) is 2. The van der Waals surface area contributed by atoms with E-state index in [9.17, 15) is 41.1 Å². The molecule has 0 radical (unpaired) electrons. The number of benzene rings is 4. The molecule has 16 heteroatoms.